The van der Waals surface area contributed by atoms with Gasteiger partial charge in [0.1, 0.15) is 5.01 Å². The maximum atomic E-state index is 12.8. The number of nitrogens with one attached hydrogen (secondary N) is 1. The molecule has 0 aliphatic heterocycles. The summed E-state index contributed by atoms with van der Waals surface area (Å²) in [4.78, 5) is 17.6. The van der Waals surface area contributed by atoms with Gasteiger partial charge in [-0.05, 0) is 73.2 Å². The average molecular weight is 568 g/mol. The van der Waals surface area contributed by atoms with E-state index in [1.807, 2.05) is 89.5 Å². The van der Waals surface area contributed by atoms with Crippen molar-refractivity contribution in [2.45, 2.75) is 12.1 Å². The molecule has 0 spiro atoms. The Bertz CT molecular complexity index is 1760. The summed E-state index contributed by atoms with van der Waals surface area (Å²) in [6, 6.07) is 31.4. The lowest BCUT2D eigenvalue weighted by molar-refractivity contribution is -0.113. The second-order valence-corrected chi connectivity index (χ2v) is 11.3. The number of fused-ring (bicyclic) bond motifs is 1. The van der Waals surface area contributed by atoms with Crippen LogP contribution in [0.4, 0.5) is 5.69 Å². The first-order valence-corrected chi connectivity index (χ1v) is 14.4. The number of hydrogen-bond donors (Lipinski definition) is 1. The molecule has 6 rings (SSSR count). The van der Waals surface area contributed by atoms with Crippen LogP contribution < -0.4 is 5.32 Å². The summed E-state index contributed by atoms with van der Waals surface area (Å²) in [5.74, 6) is 0.746. The van der Waals surface area contributed by atoms with Gasteiger partial charge in [-0.25, -0.2) is 4.98 Å². The molecule has 0 saturated heterocycles. The summed E-state index contributed by atoms with van der Waals surface area (Å²) in [5.41, 5.74) is 5.76. The highest BCUT2D eigenvalue weighted by molar-refractivity contribution is 7.99. The van der Waals surface area contributed by atoms with Gasteiger partial charge in [0.15, 0.2) is 11.0 Å². The van der Waals surface area contributed by atoms with Gasteiger partial charge < -0.3 is 5.32 Å². The molecular weight excluding hydrogens is 546 g/mol. The van der Waals surface area contributed by atoms with Crippen LogP contribution in [0.25, 0.3) is 37.9 Å². The number of aromatic nitrogens is 4. The van der Waals surface area contributed by atoms with Crippen LogP contribution in [0, 0.1) is 6.92 Å². The molecule has 0 saturated carbocycles. The lowest BCUT2D eigenvalue weighted by Gasteiger charge is -2.11. The molecule has 0 fully saturated rings. The van der Waals surface area contributed by atoms with E-state index in [9.17, 15) is 4.79 Å². The van der Waals surface area contributed by atoms with E-state index < -0.39 is 0 Å². The number of thiazole rings is 1. The molecule has 0 bridgehead atoms. The van der Waals surface area contributed by atoms with E-state index in [-0.39, 0.29) is 11.7 Å². The number of nitrogens with zero attached hydrogens (tertiary/aromatic N) is 4. The van der Waals surface area contributed by atoms with E-state index in [0.29, 0.717) is 16.0 Å². The van der Waals surface area contributed by atoms with Gasteiger partial charge in [0, 0.05) is 27.5 Å². The number of amides is 1. The van der Waals surface area contributed by atoms with Crippen molar-refractivity contribution in [1.82, 2.24) is 19.7 Å². The van der Waals surface area contributed by atoms with Crippen LogP contribution in [0.2, 0.25) is 5.02 Å². The second kappa shape index (κ2) is 11.0. The minimum absolute atomic E-state index is 0.130. The summed E-state index contributed by atoms with van der Waals surface area (Å²) in [5, 5.41) is 14.0. The zero-order chi connectivity index (χ0) is 26.8. The highest BCUT2D eigenvalue weighted by Gasteiger charge is 2.17. The van der Waals surface area contributed by atoms with E-state index in [0.717, 1.165) is 33.0 Å². The molecular formula is C30H22ClN5OS2. The van der Waals surface area contributed by atoms with Crippen molar-refractivity contribution in [1.29, 1.82) is 0 Å². The molecule has 2 heterocycles. The van der Waals surface area contributed by atoms with Crippen molar-refractivity contribution >= 4 is 56.5 Å². The van der Waals surface area contributed by atoms with Crippen molar-refractivity contribution in [3.63, 3.8) is 0 Å². The summed E-state index contributed by atoms with van der Waals surface area (Å²) in [6.07, 6.45) is 0. The van der Waals surface area contributed by atoms with Gasteiger partial charge >= 0.3 is 0 Å². The van der Waals surface area contributed by atoms with E-state index in [4.69, 9.17) is 16.6 Å². The van der Waals surface area contributed by atoms with E-state index in [1.165, 1.54) is 22.0 Å². The lowest BCUT2D eigenvalue weighted by atomic mass is 10.2. The van der Waals surface area contributed by atoms with E-state index >= 15 is 0 Å². The molecule has 4 aromatic carbocycles. The SMILES string of the molecule is Cc1ccc2nc(-c3ccc(NC(=O)CSc4nnc(-c5ccccc5)n4-c4ccc(Cl)cc4)cc3)sc2c1. The third-order valence-electron chi connectivity index (χ3n) is 6.04. The van der Waals surface area contributed by atoms with Gasteiger partial charge in [-0.3, -0.25) is 9.36 Å². The molecule has 1 amide bonds. The minimum Gasteiger partial charge on any atom is -0.325 e. The number of halogens is 1. The van der Waals surface area contributed by atoms with Crippen molar-refractivity contribution in [3.05, 3.63) is 108 Å². The quantitative estimate of drug-likeness (QED) is 0.198. The fourth-order valence-electron chi connectivity index (χ4n) is 4.14. The Balaban J connectivity index is 1.16. The van der Waals surface area contributed by atoms with Crippen LogP contribution in [0.15, 0.2) is 102 Å². The Labute approximate surface area is 238 Å². The normalized spacial score (nSPS) is 11.1. The molecule has 6 nitrogen and oxygen atoms in total. The van der Waals surface area contributed by atoms with Crippen LogP contribution in [-0.2, 0) is 4.79 Å². The molecule has 0 radical (unpaired) electrons. The monoisotopic (exact) mass is 567 g/mol. The summed E-state index contributed by atoms with van der Waals surface area (Å²) >= 11 is 9.11. The summed E-state index contributed by atoms with van der Waals surface area (Å²) in [7, 11) is 0. The highest BCUT2D eigenvalue weighted by atomic mass is 35.5. The van der Waals surface area contributed by atoms with Crippen LogP contribution in [0.5, 0.6) is 0 Å². The zero-order valence-electron chi connectivity index (χ0n) is 20.8. The van der Waals surface area contributed by atoms with Gasteiger partial charge in [-0.1, -0.05) is 59.8 Å². The molecule has 0 aliphatic carbocycles. The maximum absolute atomic E-state index is 12.8. The topological polar surface area (TPSA) is 72.7 Å². The first kappa shape index (κ1) is 25.3. The van der Waals surface area contributed by atoms with Crippen molar-refractivity contribution in [3.8, 4) is 27.6 Å². The molecule has 0 unspecified atom stereocenters. The van der Waals surface area contributed by atoms with E-state index in [1.54, 1.807) is 11.3 Å². The smallest absolute Gasteiger partial charge is 0.234 e. The van der Waals surface area contributed by atoms with Crippen LogP contribution in [0.3, 0.4) is 0 Å². The van der Waals surface area contributed by atoms with Gasteiger partial charge in [0.2, 0.25) is 5.91 Å². The molecule has 0 atom stereocenters. The van der Waals surface area contributed by atoms with Crippen LogP contribution in [0.1, 0.15) is 5.56 Å². The second-order valence-electron chi connectivity index (χ2n) is 8.89. The molecule has 39 heavy (non-hydrogen) atoms. The Morgan fingerprint density at radius 3 is 2.46 bits per heavy atom. The third kappa shape index (κ3) is 5.59. The van der Waals surface area contributed by atoms with Crippen molar-refractivity contribution in [2.24, 2.45) is 0 Å². The number of anilines is 1. The fourth-order valence-corrected chi connectivity index (χ4v) is 6.09. The van der Waals surface area contributed by atoms with Crippen molar-refractivity contribution < 1.29 is 4.79 Å². The Kier molecular flexibility index (Phi) is 7.15. The number of benzene rings is 4. The van der Waals surface area contributed by atoms with Crippen LogP contribution >= 0.6 is 34.7 Å². The maximum Gasteiger partial charge on any atom is 0.234 e. The molecule has 6 aromatic rings. The molecule has 2 aromatic heterocycles. The standard InChI is InChI=1S/C30H22ClN5OS2/c1-19-7-16-25-26(17-19)39-29(33-25)21-8-12-23(13-9-21)32-27(37)18-38-30-35-34-28(20-5-3-2-4-6-20)36(30)24-14-10-22(31)11-15-24/h2-17H,18H2,1H3,(H,32,37). The van der Waals surface area contributed by atoms with Crippen molar-refractivity contribution in [2.75, 3.05) is 11.1 Å². The Hall–Kier alpha value is -3.98. The van der Waals surface area contributed by atoms with Gasteiger partial charge in [-0.2, -0.15) is 0 Å². The number of hydrogen-bond acceptors (Lipinski definition) is 6. The zero-order valence-corrected chi connectivity index (χ0v) is 23.2. The largest absolute Gasteiger partial charge is 0.325 e. The fraction of sp³-hybridized carbons (Fsp3) is 0.0667. The Morgan fingerprint density at radius 1 is 0.923 bits per heavy atom. The number of carbonyl (C=O) groups excluding carboxylic acids is 1. The molecule has 192 valence electrons. The predicted molar refractivity (Wildman–Crippen MR) is 161 cm³/mol. The van der Waals surface area contributed by atoms with Gasteiger partial charge in [0.05, 0.1) is 16.0 Å². The number of rotatable bonds is 7. The van der Waals surface area contributed by atoms with Gasteiger partial charge in [0.25, 0.3) is 0 Å². The summed E-state index contributed by atoms with van der Waals surface area (Å²) < 4.78 is 3.11. The number of thioether (sulfide) groups is 1. The number of carbonyl (C=O) groups is 1. The molecule has 9 heteroatoms. The minimum atomic E-state index is -0.130. The van der Waals surface area contributed by atoms with Gasteiger partial charge in [-0.15, -0.1) is 21.5 Å². The van der Waals surface area contributed by atoms with E-state index in [2.05, 4.69) is 34.6 Å². The van der Waals surface area contributed by atoms with Crippen LogP contribution in [-0.4, -0.2) is 31.4 Å². The Morgan fingerprint density at radius 2 is 1.69 bits per heavy atom. The lowest BCUT2D eigenvalue weighted by Crippen LogP contribution is -2.14. The third-order valence-corrected chi connectivity index (χ3v) is 8.29. The average Bonchev–Trinajstić information content (AvgIpc) is 3.57. The first-order chi connectivity index (χ1) is 19.0. The summed E-state index contributed by atoms with van der Waals surface area (Å²) in [6.45, 7) is 2.08. The first-order valence-electron chi connectivity index (χ1n) is 12.2. The highest BCUT2D eigenvalue weighted by Crippen LogP contribution is 2.32. The predicted octanol–water partition coefficient (Wildman–Crippen LogP) is 7.90. The molecule has 0 aliphatic rings. The number of aryl methyl sites for hydroxylation is 1. The molecule has 1 N–H and O–H groups in total.